The molecule has 1 unspecified atom stereocenters. The summed E-state index contributed by atoms with van der Waals surface area (Å²) in [6.45, 7) is 0.128. The van der Waals surface area contributed by atoms with Gasteiger partial charge in [-0.1, -0.05) is 12.1 Å². The molecule has 1 heterocycles. The van der Waals surface area contributed by atoms with Gasteiger partial charge < -0.3 is 14.6 Å². The van der Waals surface area contributed by atoms with Gasteiger partial charge in [0.05, 0.1) is 10.7 Å². The number of phenolic OH excluding ortho intramolecular Hbond substituents is 1. The van der Waals surface area contributed by atoms with Gasteiger partial charge in [0.25, 0.3) is 5.91 Å². The van der Waals surface area contributed by atoms with Gasteiger partial charge in [0.15, 0.2) is 11.5 Å². The molecular formula is C16H13BrN2O4. The molecule has 1 amide bonds. The predicted molar refractivity (Wildman–Crippen MR) is 87.9 cm³/mol. The molecule has 2 aromatic carbocycles. The van der Waals surface area contributed by atoms with Crippen LogP contribution in [0.25, 0.3) is 0 Å². The first-order valence-corrected chi connectivity index (χ1v) is 7.63. The van der Waals surface area contributed by atoms with Crippen molar-refractivity contribution in [2.75, 3.05) is 6.61 Å². The van der Waals surface area contributed by atoms with E-state index >= 15 is 0 Å². The number of fused-ring (bicyclic) bond motifs is 1. The van der Waals surface area contributed by atoms with Crippen molar-refractivity contribution >= 4 is 28.1 Å². The Labute approximate surface area is 140 Å². The van der Waals surface area contributed by atoms with Crippen LogP contribution in [0.4, 0.5) is 0 Å². The smallest absolute Gasteiger partial charge is 0.284 e. The van der Waals surface area contributed by atoms with Crippen LogP contribution in [0.5, 0.6) is 17.2 Å². The molecule has 1 aliphatic heterocycles. The fourth-order valence-electron chi connectivity index (χ4n) is 1.99. The van der Waals surface area contributed by atoms with E-state index in [0.29, 0.717) is 16.0 Å². The summed E-state index contributed by atoms with van der Waals surface area (Å²) in [5.41, 5.74) is 3.14. The quantitative estimate of drug-likeness (QED) is 0.636. The van der Waals surface area contributed by atoms with E-state index in [1.807, 2.05) is 12.1 Å². The third-order valence-corrected chi connectivity index (χ3v) is 3.80. The maximum atomic E-state index is 12.0. The lowest BCUT2D eigenvalue weighted by molar-refractivity contribution is -0.130. The SMILES string of the molecule is O=C(N/N=C/c1ccc(O)c(Br)c1)C1COc2ccccc2O1. The molecule has 7 heteroatoms. The fourth-order valence-corrected chi connectivity index (χ4v) is 2.39. The van der Waals surface area contributed by atoms with E-state index < -0.39 is 12.0 Å². The first-order valence-electron chi connectivity index (χ1n) is 6.83. The number of phenols is 1. The molecular weight excluding hydrogens is 364 g/mol. The van der Waals surface area contributed by atoms with Gasteiger partial charge in [-0.3, -0.25) is 4.79 Å². The third kappa shape index (κ3) is 3.62. The third-order valence-electron chi connectivity index (χ3n) is 3.16. The van der Waals surface area contributed by atoms with E-state index in [1.165, 1.54) is 12.3 Å². The van der Waals surface area contributed by atoms with E-state index in [4.69, 9.17) is 9.47 Å². The average molecular weight is 377 g/mol. The van der Waals surface area contributed by atoms with Crippen LogP contribution in [0.3, 0.4) is 0 Å². The Kier molecular flexibility index (Phi) is 4.47. The number of carbonyl (C=O) groups excluding carboxylic acids is 1. The summed E-state index contributed by atoms with van der Waals surface area (Å²) in [4.78, 5) is 12.0. The van der Waals surface area contributed by atoms with Gasteiger partial charge in [-0.2, -0.15) is 5.10 Å². The molecule has 0 radical (unpaired) electrons. The van der Waals surface area contributed by atoms with E-state index in [2.05, 4.69) is 26.5 Å². The molecule has 0 fully saturated rings. The van der Waals surface area contributed by atoms with Crippen LogP contribution in [0.1, 0.15) is 5.56 Å². The van der Waals surface area contributed by atoms with Gasteiger partial charge in [0.2, 0.25) is 6.10 Å². The molecule has 0 aliphatic carbocycles. The van der Waals surface area contributed by atoms with Crippen LogP contribution in [0.2, 0.25) is 0 Å². The Hall–Kier alpha value is -2.54. The standard InChI is InChI=1S/C16H13BrN2O4/c17-11-7-10(5-6-12(11)20)8-18-19-16(21)15-9-22-13-3-1-2-4-14(13)23-15/h1-8,15,20H,9H2,(H,19,21)/b18-8+. The minimum absolute atomic E-state index is 0.128. The highest BCUT2D eigenvalue weighted by Crippen LogP contribution is 2.30. The molecule has 1 aliphatic rings. The number of para-hydroxylation sites is 2. The Morgan fingerprint density at radius 1 is 1.30 bits per heavy atom. The number of carbonyl (C=O) groups is 1. The topological polar surface area (TPSA) is 80.2 Å². The van der Waals surface area contributed by atoms with E-state index in [0.717, 1.165) is 5.56 Å². The summed E-state index contributed by atoms with van der Waals surface area (Å²) in [6, 6.07) is 12.1. The molecule has 0 aromatic heterocycles. The van der Waals surface area contributed by atoms with Gasteiger partial charge in [-0.15, -0.1) is 0 Å². The van der Waals surface area contributed by atoms with E-state index in [1.54, 1.807) is 24.3 Å². The van der Waals surface area contributed by atoms with Crippen LogP contribution in [0, 0.1) is 0 Å². The number of ether oxygens (including phenoxy) is 2. The largest absolute Gasteiger partial charge is 0.507 e. The van der Waals surface area contributed by atoms with Crippen LogP contribution in [-0.4, -0.2) is 29.9 Å². The molecule has 0 spiro atoms. The zero-order chi connectivity index (χ0) is 16.2. The zero-order valence-corrected chi connectivity index (χ0v) is 13.5. The van der Waals surface area contributed by atoms with Gasteiger partial charge >= 0.3 is 0 Å². The van der Waals surface area contributed by atoms with Crippen LogP contribution in [0.15, 0.2) is 52.0 Å². The number of hydrogen-bond acceptors (Lipinski definition) is 5. The van der Waals surface area contributed by atoms with Crippen molar-refractivity contribution in [2.24, 2.45) is 5.10 Å². The van der Waals surface area contributed by atoms with Gasteiger partial charge in [0, 0.05) is 0 Å². The summed E-state index contributed by atoms with van der Waals surface area (Å²) in [6.07, 6.45) is 0.716. The number of rotatable bonds is 3. The fraction of sp³-hybridized carbons (Fsp3) is 0.125. The summed E-state index contributed by atoms with van der Waals surface area (Å²) in [5.74, 6) is 0.894. The molecule has 1 atom stereocenters. The number of nitrogens with one attached hydrogen (secondary N) is 1. The molecule has 118 valence electrons. The van der Waals surface area contributed by atoms with Crippen LogP contribution >= 0.6 is 15.9 Å². The van der Waals surface area contributed by atoms with Crippen molar-refractivity contribution in [1.29, 1.82) is 0 Å². The van der Waals surface area contributed by atoms with Crippen molar-refractivity contribution in [1.82, 2.24) is 5.43 Å². The summed E-state index contributed by atoms with van der Waals surface area (Å²) >= 11 is 3.21. The van der Waals surface area contributed by atoms with Gasteiger partial charge in [-0.25, -0.2) is 5.43 Å². The Morgan fingerprint density at radius 2 is 2.09 bits per heavy atom. The molecule has 0 saturated heterocycles. The number of hydrazone groups is 1. The normalized spacial score (nSPS) is 16.3. The van der Waals surface area contributed by atoms with Crippen LogP contribution in [-0.2, 0) is 4.79 Å². The molecule has 3 rings (SSSR count). The number of hydrogen-bond donors (Lipinski definition) is 2. The molecule has 2 N–H and O–H groups in total. The number of amides is 1. The van der Waals surface area contributed by atoms with Crippen molar-refractivity contribution in [2.45, 2.75) is 6.10 Å². The molecule has 2 aromatic rings. The van der Waals surface area contributed by atoms with E-state index in [9.17, 15) is 9.90 Å². The van der Waals surface area contributed by atoms with Crippen molar-refractivity contribution in [3.63, 3.8) is 0 Å². The highest BCUT2D eigenvalue weighted by molar-refractivity contribution is 9.10. The summed E-state index contributed by atoms with van der Waals surface area (Å²) < 4.78 is 11.6. The lowest BCUT2D eigenvalue weighted by Gasteiger charge is -2.24. The van der Waals surface area contributed by atoms with Crippen molar-refractivity contribution in [3.8, 4) is 17.2 Å². The molecule has 23 heavy (non-hydrogen) atoms. The highest BCUT2D eigenvalue weighted by atomic mass is 79.9. The monoisotopic (exact) mass is 376 g/mol. The average Bonchev–Trinajstić information content (AvgIpc) is 2.57. The maximum absolute atomic E-state index is 12.0. The predicted octanol–water partition coefficient (Wildman–Crippen LogP) is 2.44. The Balaban J connectivity index is 1.59. The Morgan fingerprint density at radius 3 is 2.87 bits per heavy atom. The summed E-state index contributed by atoms with van der Waals surface area (Å²) in [7, 11) is 0. The van der Waals surface area contributed by atoms with Gasteiger partial charge in [-0.05, 0) is 51.8 Å². The first-order chi connectivity index (χ1) is 11.1. The molecule has 6 nitrogen and oxygen atoms in total. The second kappa shape index (κ2) is 6.70. The number of benzene rings is 2. The Bertz CT molecular complexity index is 763. The minimum atomic E-state index is -0.756. The van der Waals surface area contributed by atoms with Crippen molar-refractivity contribution in [3.05, 3.63) is 52.5 Å². The minimum Gasteiger partial charge on any atom is -0.507 e. The van der Waals surface area contributed by atoms with E-state index in [-0.39, 0.29) is 12.4 Å². The van der Waals surface area contributed by atoms with Gasteiger partial charge in [0.1, 0.15) is 12.4 Å². The lowest BCUT2D eigenvalue weighted by Crippen LogP contribution is -2.42. The number of aromatic hydroxyl groups is 1. The van der Waals surface area contributed by atoms with Crippen molar-refractivity contribution < 1.29 is 19.4 Å². The molecule has 0 saturated carbocycles. The zero-order valence-electron chi connectivity index (χ0n) is 11.9. The van der Waals surface area contributed by atoms with Crippen LogP contribution < -0.4 is 14.9 Å². The highest BCUT2D eigenvalue weighted by Gasteiger charge is 2.26. The second-order valence-electron chi connectivity index (χ2n) is 4.81. The summed E-state index contributed by atoms with van der Waals surface area (Å²) in [5, 5.41) is 13.3. The number of nitrogens with zero attached hydrogens (tertiary/aromatic N) is 1. The maximum Gasteiger partial charge on any atom is 0.284 e. The lowest BCUT2D eigenvalue weighted by atomic mass is 10.2. The number of halogens is 1. The molecule has 0 bridgehead atoms. The second-order valence-corrected chi connectivity index (χ2v) is 5.66. The first kappa shape index (κ1) is 15.4.